The second-order valence-electron chi connectivity index (χ2n) is 7.07. The van der Waals surface area contributed by atoms with E-state index in [1.165, 1.54) is 34.4 Å². The van der Waals surface area contributed by atoms with Crippen LogP contribution in [0.2, 0.25) is 0 Å². The van der Waals surface area contributed by atoms with Gasteiger partial charge in [-0.2, -0.15) is 18.3 Å². The van der Waals surface area contributed by atoms with Gasteiger partial charge in [-0.25, -0.2) is 27.6 Å². The predicted molar refractivity (Wildman–Crippen MR) is 103 cm³/mol. The monoisotopic (exact) mass is 446 g/mol. The number of aromatic nitrogens is 3. The number of piperidine rings is 1. The van der Waals surface area contributed by atoms with Crippen LogP contribution in [0.25, 0.3) is 5.69 Å². The predicted octanol–water partition coefficient (Wildman–Crippen LogP) is 2.08. The largest absolute Gasteiger partial charge is 0.418 e. The highest BCUT2D eigenvalue weighted by molar-refractivity contribution is 7.88. The number of urea groups is 1. The molecule has 0 aliphatic carbocycles. The summed E-state index contributed by atoms with van der Waals surface area (Å²) in [4.78, 5) is 17.7. The number of carbonyl (C=O) groups is 1. The molecule has 2 amide bonds. The molecule has 0 unspecified atom stereocenters. The number of anilines is 1. The molecule has 30 heavy (non-hydrogen) atoms. The molecule has 3 rings (SSSR count). The molecule has 2 N–H and O–H groups in total. The van der Waals surface area contributed by atoms with Gasteiger partial charge in [-0.3, -0.25) is 0 Å². The molecule has 13 heteroatoms. The Morgan fingerprint density at radius 1 is 1.33 bits per heavy atom. The number of rotatable bonds is 5. The van der Waals surface area contributed by atoms with E-state index < -0.39 is 27.8 Å². The summed E-state index contributed by atoms with van der Waals surface area (Å²) >= 11 is 0. The molecule has 0 radical (unpaired) electrons. The Hall–Kier alpha value is -2.67. The minimum absolute atomic E-state index is 0.115. The fourth-order valence-electron chi connectivity index (χ4n) is 3.24. The van der Waals surface area contributed by atoms with Gasteiger partial charge in [0.25, 0.3) is 0 Å². The van der Waals surface area contributed by atoms with Crippen LogP contribution in [0.3, 0.4) is 0 Å². The van der Waals surface area contributed by atoms with Crippen LogP contribution in [0.5, 0.6) is 0 Å². The summed E-state index contributed by atoms with van der Waals surface area (Å²) in [6.45, 7) is 0.787. The molecular formula is C17H21F3N6O3S. The molecule has 0 spiro atoms. The standard InChI is InChI=1S/C17H21F3N6O3S/c1-30(28,29)23-8-12-3-2-6-25(9-12)16(27)24-15-5-4-13(26-11-21-10-22-26)7-14(15)17(18,19)20/h4-5,7,10-12,23H,2-3,6,8-9H2,1H3,(H,24,27)/t12-/m1/s1. The minimum atomic E-state index is -4.69. The van der Waals surface area contributed by atoms with Crippen molar-refractivity contribution in [1.82, 2.24) is 24.4 Å². The van der Waals surface area contributed by atoms with Crippen molar-refractivity contribution in [2.45, 2.75) is 19.0 Å². The molecule has 0 saturated carbocycles. The van der Waals surface area contributed by atoms with Gasteiger partial charge in [0.15, 0.2) is 0 Å². The summed E-state index contributed by atoms with van der Waals surface area (Å²) < 4.78 is 66.8. The lowest BCUT2D eigenvalue weighted by Crippen LogP contribution is -2.45. The molecule has 1 aromatic heterocycles. The molecule has 2 aromatic rings. The molecule has 1 fully saturated rings. The maximum Gasteiger partial charge on any atom is 0.418 e. The van der Waals surface area contributed by atoms with E-state index >= 15 is 0 Å². The lowest BCUT2D eigenvalue weighted by atomic mass is 9.99. The molecule has 1 atom stereocenters. The highest BCUT2D eigenvalue weighted by Crippen LogP contribution is 2.36. The number of hydrogen-bond acceptors (Lipinski definition) is 5. The van der Waals surface area contributed by atoms with Gasteiger partial charge >= 0.3 is 12.2 Å². The van der Waals surface area contributed by atoms with Gasteiger partial charge in [-0.15, -0.1) is 0 Å². The van der Waals surface area contributed by atoms with E-state index in [9.17, 15) is 26.4 Å². The summed E-state index contributed by atoms with van der Waals surface area (Å²) in [5.41, 5.74) is -1.22. The third-order valence-electron chi connectivity index (χ3n) is 4.67. The van der Waals surface area contributed by atoms with E-state index in [0.29, 0.717) is 19.4 Å². The molecule has 1 aliphatic rings. The van der Waals surface area contributed by atoms with E-state index in [2.05, 4.69) is 20.1 Å². The van der Waals surface area contributed by atoms with Gasteiger partial charge in [0.2, 0.25) is 10.0 Å². The fraction of sp³-hybridized carbons (Fsp3) is 0.471. The molecular weight excluding hydrogens is 425 g/mol. The second-order valence-corrected chi connectivity index (χ2v) is 8.91. The quantitative estimate of drug-likeness (QED) is 0.731. The molecule has 9 nitrogen and oxygen atoms in total. The zero-order valence-corrected chi connectivity index (χ0v) is 16.9. The summed E-state index contributed by atoms with van der Waals surface area (Å²) in [5.74, 6) is -0.115. The number of sulfonamides is 1. The number of amides is 2. The maximum atomic E-state index is 13.6. The van der Waals surface area contributed by atoms with Crippen molar-refractivity contribution in [1.29, 1.82) is 0 Å². The van der Waals surface area contributed by atoms with Gasteiger partial charge in [-0.05, 0) is 37.0 Å². The van der Waals surface area contributed by atoms with Gasteiger partial charge in [0.1, 0.15) is 12.7 Å². The Morgan fingerprint density at radius 3 is 2.73 bits per heavy atom. The van der Waals surface area contributed by atoms with Crippen LogP contribution in [0.15, 0.2) is 30.9 Å². The number of halogens is 3. The normalized spacial score (nSPS) is 17.7. The molecule has 0 bridgehead atoms. The van der Waals surface area contributed by atoms with Crippen molar-refractivity contribution >= 4 is 21.7 Å². The number of likely N-dealkylation sites (tertiary alicyclic amines) is 1. The van der Waals surface area contributed by atoms with Crippen LogP contribution >= 0.6 is 0 Å². The summed E-state index contributed by atoms with van der Waals surface area (Å²) in [5, 5.41) is 6.15. The van der Waals surface area contributed by atoms with E-state index in [-0.39, 0.29) is 30.4 Å². The Bertz CT molecular complexity index is 995. The summed E-state index contributed by atoms with van der Waals surface area (Å²) in [6.07, 6.45) is 0.166. The summed E-state index contributed by atoms with van der Waals surface area (Å²) in [6, 6.07) is 2.79. The third kappa shape index (κ3) is 5.69. The smallest absolute Gasteiger partial charge is 0.324 e. The number of nitrogens with zero attached hydrogens (tertiary/aromatic N) is 4. The Balaban J connectivity index is 1.74. The highest BCUT2D eigenvalue weighted by Gasteiger charge is 2.35. The minimum Gasteiger partial charge on any atom is -0.324 e. The first kappa shape index (κ1) is 22.0. The van der Waals surface area contributed by atoms with Crippen LogP contribution in [0.4, 0.5) is 23.7 Å². The Labute approximate surface area is 171 Å². The van der Waals surface area contributed by atoms with Gasteiger partial charge in [0.05, 0.1) is 23.2 Å². The third-order valence-corrected chi connectivity index (χ3v) is 5.36. The molecule has 1 aromatic carbocycles. The maximum absolute atomic E-state index is 13.6. The lowest BCUT2D eigenvalue weighted by molar-refractivity contribution is -0.136. The van der Waals surface area contributed by atoms with Gasteiger partial charge in [0, 0.05) is 19.6 Å². The average Bonchev–Trinajstić information content (AvgIpc) is 3.20. The molecule has 1 saturated heterocycles. The zero-order chi connectivity index (χ0) is 21.9. The first-order chi connectivity index (χ1) is 14.0. The zero-order valence-electron chi connectivity index (χ0n) is 16.1. The SMILES string of the molecule is CS(=O)(=O)NC[C@H]1CCCN(C(=O)Nc2ccc(-n3cncn3)cc2C(F)(F)F)C1. The Morgan fingerprint density at radius 2 is 2.10 bits per heavy atom. The van der Waals surface area contributed by atoms with Gasteiger partial charge in [-0.1, -0.05) is 0 Å². The van der Waals surface area contributed by atoms with E-state index in [1.807, 2.05) is 0 Å². The second kappa shape index (κ2) is 8.60. The van der Waals surface area contributed by atoms with Crippen molar-refractivity contribution in [3.63, 3.8) is 0 Å². The van der Waals surface area contributed by atoms with Gasteiger partial charge < -0.3 is 10.2 Å². The average molecular weight is 446 g/mol. The van der Waals surface area contributed by atoms with Crippen LogP contribution in [0, 0.1) is 5.92 Å². The molecule has 2 heterocycles. The number of benzene rings is 1. The first-order valence-electron chi connectivity index (χ1n) is 9.10. The number of alkyl halides is 3. The number of carbonyl (C=O) groups excluding carboxylic acids is 1. The van der Waals surface area contributed by atoms with Crippen molar-refractivity contribution in [3.8, 4) is 5.69 Å². The highest BCUT2D eigenvalue weighted by atomic mass is 32.2. The van der Waals surface area contributed by atoms with Crippen LogP contribution in [-0.2, 0) is 16.2 Å². The van der Waals surface area contributed by atoms with E-state index in [0.717, 1.165) is 12.3 Å². The molecule has 164 valence electrons. The van der Waals surface area contributed by atoms with Crippen molar-refractivity contribution in [3.05, 3.63) is 36.4 Å². The van der Waals surface area contributed by atoms with Crippen molar-refractivity contribution in [2.75, 3.05) is 31.2 Å². The van der Waals surface area contributed by atoms with Crippen molar-refractivity contribution < 1.29 is 26.4 Å². The summed E-state index contributed by atoms with van der Waals surface area (Å²) in [7, 11) is -3.36. The fourth-order valence-corrected chi connectivity index (χ4v) is 3.78. The van der Waals surface area contributed by atoms with Crippen LogP contribution in [-0.4, -0.2) is 60.0 Å². The lowest BCUT2D eigenvalue weighted by Gasteiger charge is -2.33. The number of nitrogens with one attached hydrogen (secondary N) is 2. The topological polar surface area (TPSA) is 109 Å². The van der Waals surface area contributed by atoms with Crippen LogP contribution in [0.1, 0.15) is 18.4 Å². The van der Waals surface area contributed by atoms with E-state index in [4.69, 9.17) is 0 Å². The molecule has 1 aliphatic heterocycles. The van der Waals surface area contributed by atoms with E-state index in [1.54, 1.807) is 0 Å². The van der Waals surface area contributed by atoms with Crippen molar-refractivity contribution in [2.24, 2.45) is 5.92 Å². The first-order valence-corrected chi connectivity index (χ1v) is 11.0. The van der Waals surface area contributed by atoms with Crippen LogP contribution < -0.4 is 10.0 Å². The Kier molecular flexibility index (Phi) is 6.31. The number of hydrogen-bond donors (Lipinski definition) is 2.